The van der Waals surface area contributed by atoms with Crippen molar-refractivity contribution in [3.63, 3.8) is 0 Å². The van der Waals surface area contributed by atoms with E-state index in [-0.39, 0.29) is 11.8 Å². The maximum absolute atomic E-state index is 12.8. The van der Waals surface area contributed by atoms with E-state index in [9.17, 15) is 14.4 Å². The Bertz CT molecular complexity index is 717. The predicted octanol–water partition coefficient (Wildman–Crippen LogP) is 4.62. The summed E-state index contributed by atoms with van der Waals surface area (Å²) in [5, 5.41) is 7.67. The van der Waals surface area contributed by atoms with Crippen molar-refractivity contribution in [2.24, 2.45) is 10.2 Å². The van der Waals surface area contributed by atoms with Crippen LogP contribution in [0.5, 0.6) is 0 Å². The summed E-state index contributed by atoms with van der Waals surface area (Å²) >= 11 is 0. The van der Waals surface area contributed by atoms with E-state index in [0.29, 0.717) is 17.5 Å². The number of azo groups is 1. The molecule has 1 aromatic rings. The Morgan fingerprint density at radius 3 is 2.19 bits per heavy atom. The second kappa shape index (κ2) is 8.41. The molecule has 1 aliphatic rings. The molecule has 0 aromatic heterocycles. The molecule has 27 heavy (non-hydrogen) atoms. The zero-order valence-corrected chi connectivity index (χ0v) is 16.6. The van der Waals surface area contributed by atoms with Crippen LogP contribution >= 0.6 is 0 Å². The number of imide groups is 1. The van der Waals surface area contributed by atoms with E-state index in [1.165, 1.54) is 4.90 Å². The zero-order valence-electron chi connectivity index (χ0n) is 16.6. The average molecular weight is 373 g/mol. The third-order valence-corrected chi connectivity index (χ3v) is 4.28. The standard InChI is InChI=1S/C20H27N3O4/c1-6-7-12-16(13(2)21-22-19(26)27-20(3,4)5)23-17(24)14-10-8-9-11-15(14)18(23)25/h8-11,13,16H,6-7,12H2,1-5H3/t13-,16+/m0/s1. The number of hydrogen-bond donors (Lipinski definition) is 0. The van der Waals surface area contributed by atoms with Crippen molar-refractivity contribution in [1.29, 1.82) is 0 Å². The zero-order chi connectivity index (χ0) is 20.2. The maximum atomic E-state index is 12.8. The van der Waals surface area contributed by atoms with Crippen molar-refractivity contribution in [3.8, 4) is 0 Å². The lowest BCUT2D eigenvalue weighted by Gasteiger charge is -2.28. The van der Waals surface area contributed by atoms with Crippen molar-refractivity contribution < 1.29 is 19.1 Å². The minimum absolute atomic E-state index is 0.323. The first-order chi connectivity index (χ1) is 12.7. The van der Waals surface area contributed by atoms with E-state index in [0.717, 1.165) is 12.8 Å². The molecule has 2 rings (SSSR count). The Morgan fingerprint density at radius 1 is 1.15 bits per heavy atom. The van der Waals surface area contributed by atoms with Gasteiger partial charge >= 0.3 is 6.09 Å². The molecule has 0 N–H and O–H groups in total. The summed E-state index contributed by atoms with van der Waals surface area (Å²) in [6, 6.07) is 5.79. The Morgan fingerprint density at radius 2 is 1.70 bits per heavy atom. The molecule has 1 aliphatic heterocycles. The van der Waals surface area contributed by atoms with E-state index in [2.05, 4.69) is 10.2 Å². The highest BCUT2D eigenvalue weighted by Crippen LogP contribution is 2.28. The Labute approximate surface area is 159 Å². The molecule has 1 heterocycles. The maximum Gasteiger partial charge on any atom is 0.452 e. The van der Waals surface area contributed by atoms with E-state index in [4.69, 9.17) is 4.74 Å². The number of fused-ring (bicyclic) bond motifs is 1. The second-order valence-corrected chi connectivity index (χ2v) is 7.67. The van der Waals surface area contributed by atoms with Gasteiger partial charge in [-0.25, -0.2) is 4.79 Å². The predicted molar refractivity (Wildman–Crippen MR) is 101 cm³/mol. The van der Waals surface area contributed by atoms with Crippen molar-refractivity contribution >= 4 is 17.9 Å². The Balaban J connectivity index is 2.21. The SMILES string of the molecule is CCCC[C@H]([C@H](C)N=NC(=O)OC(C)(C)C)N1C(=O)c2ccccc2C1=O. The molecule has 0 unspecified atom stereocenters. The molecule has 2 atom stereocenters. The smallest absolute Gasteiger partial charge is 0.441 e. The highest BCUT2D eigenvalue weighted by atomic mass is 16.6. The van der Waals surface area contributed by atoms with Crippen LogP contribution < -0.4 is 0 Å². The van der Waals surface area contributed by atoms with Gasteiger partial charge in [0.1, 0.15) is 5.60 Å². The van der Waals surface area contributed by atoms with E-state index in [1.807, 2.05) is 6.92 Å². The minimum atomic E-state index is -0.786. The summed E-state index contributed by atoms with van der Waals surface area (Å²) in [6.45, 7) is 9.01. The monoisotopic (exact) mass is 373 g/mol. The number of carbonyl (C=O) groups is 3. The third-order valence-electron chi connectivity index (χ3n) is 4.28. The molecular formula is C20H27N3O4. The van der Waals surface area contributed by atoms with Crippen LogP contribution in [0.4, 0.5) is 4.79 Å². The number of carbonyl (C=O) groups excluding carboxylic acids is 3. The van der Waals surface area contributed by atoms with E-state index < -0.39 is 23.8 Å². The van der Waals surface area contributed by atoms with Gasteiger partial charge in [-0.3, -0.25) is 14.5 Å². The first-order valence-electron chi connectivity index (χ1n) is 9.26. The molecule has 7 nitrogen and oxygen atoms in total. The van der Waals surface area contributed by atoms with Crippen LogP contribution in [0, 0.1) is 0 Å². The van der Waals surface area contributed by atoms with Crippen LogP contribution in [-0.4, -0.2) is 40.5 Å². The second-order valence-electron chi connectivity index (χ2n) is 7.67. The molecule has 3 amide bonds. The van der Waals surface area contributed by atoms with Gasteiger partial charge in [0.15, 0.2) is 0 Å². The molecule has 0 saturated carbocycles. The lowest BCUT2D eigenvalue weighted by atomic mass is 10.0. The number of amides is 3. The molecule has 7 heteroatoms. The fourth-order valence-corrected chi connectivity index (χ4v) is 3.01. The molecule has 0 aliphatic carbocycles. The van der Waals surface area contributed by atoms with Gasteiger partial charge in [0.25, 0.3) is 11.8 Å². The quantitative estimate of drug-likeness (QED) is 0.538. The van der Waals surface area contributed by atoms with Gasteiger partial charge in [0.2, 0.25) is 0 Å². The highest BCUT2D eigenvalue weighted by Gasteiger charge is 2.41. The van der Waals surface area contributed by atoms with E-state index >= 15 is 0 Å². The summed E-state index contributed by atoms with van der Waals surface area (Å²) in [5.74, 6) is -0.646. The molecular weight excluding hydrogens is 346 g/mol. The van der Waals surface area contributed by atoms with E-state index in [1.54, 1.807) is 52.0 Å². The van der Waals surface area contributed by atoms with Gasteiger partial charge in [-0.2, -0.15) is 5.11 Å². The summed E-state index contributed by atoms with van der Waals surface area (Å²) < 4.78 is 5.12. The van der Waals surface area contributed by atoms with Crippen molar-refractivity contribution in [2.45, 2.75) is 71.6 Å². The Kier molecular flexibility index (Phi) is 6.46. The van der Waals surface area contributed by atoms with Crippen LogP contribution in [0.25, 0.3) is 0 Å². The summed E-state index contributed by atoms with van der Waals surface area (Å²) in [5.41, 5.74) is 0.143. The number of hydrogen-bond acceptors (Lipinski definition) is 5. The van der Waals surface area contributed by atoms with Crippen molar-refractivity contribution in [2.75, 3.05) is 0 Å². The van der Waals surface area contributed by atoms with Crippen LogP contribution in [0.15, 0.2) is 34.5 Å². The molecule has 0 bridgehead atoms. The summed E-state index contributed by atoms with van der Waals surface area (Å²) in [4.78, 5) is 38.6. The van der Waals surface area contributed by atoms with Crippen molar-refractivity contribution in [3.05, 3.63) is 35.4 Å². The topological polar surface area (TPSA) is 88.4 Å². The number of rotatable bonds is 6. The third kappa shape index (κ3) is 4.99. The molecule has 0 radical (unpaired) electrons. The fraction of sp³-hybridized carbons (Fsp3) is 0.550. The highest BCUT2D eigenvalue weighted by molar-refractivity contribution is 6.21. The number of ether oxygens (including phenoxy) is 1. The van der Waals surface area contributed by atoms with Crippen LogP contribution in [-0.2, 0) is 4.74 Å². The largest absolute Gasteiger partial charge is 0.452 e. The molecule has 0 fully saturated rings. The normalized spacial score (nSPS) is 16.6. The molecule has 146 valence electrons. The van der Waals surface area contributed by atoms with Gasteiger partial charge in [-0.1, -0.05) is 37.0 Å². The molecule has 0 saturated heterocycles. The van der Waals surface area contributed by atoms with Gasteiger partial charge in [-0.15, -0.1) is 0 Å². The molecule has 1 aromatic carbocycles. The molecule has 0 spiro atoms. The minimum Gasteiger partial charge on any atom is -0.441 e. The van der Waals surface area contributed by atoms with Gasteiger partial charge in [0, 0.05) is 0 Å². The van der Waals surface area contributed by atoms with Gasteiger partial charge < -0.3 is 4.74 Å². The summed E-state index contributed by atoms with van der Waals surface area (Å²) in [6.07, 6.45) is 1.54. The van der Waals surface area contributed by atoms with Crippen molar-refractivity contribution in [1.82, 2.24) is 4.90 Å². The average Bonchev–Trinajstić information content (AvgIpc) is 2.84. The first kappa shape index (κ1) is 20.7. The van der Waals surface area contributed by atoms with Crippen LogP contribution in [0.2, 0.25) is 0 Å². The van der Waals surface area contributed by atoms with Gasteiger partial charge in [0.05, 0.1) is 23.2 Å². The lowest BCUT2D eigenvalue weighted by Crippen LogP contribution is -2.45. The summed E-state index contributed by atoms with van der Waals surface area (Å²) in [7, 11) is 0. The number of nitrogens with zero attached hydrogens (tertiary/aromatic N) is 3. The lowest BCUT2D eigenvalue weighted by molar-refractivity contribution is 0.0548. The van der Waals surface area contributed by atoms with Gasteiger partial charge in [-0.05, 0) is 46.2 Å². The van der Waals surface area contributed by atoms with Crippen LogP contribution in [0.1, 0.15) is 74.6 Å². The first-order valence-corrected chi connectivity index (χ1v) is 9.26. The van der Waals surface area contributed by atoms with Crippen LogP contribution in [0.3, 0.4) is 0 Å². The number of benzene rings is 1. The number of unbranched alkanes of at least 4 members (excludes halogenated alkanes) is 1. The Hall–Kier alpha value is -2.57. The fourth-order valence-electron chi connectivity index (χ4n) is 3.01.